The molecule has 2 rings (SSSR count). The molecule has 2 unspecified atom stereocenters. The van der Waals surface area contributed by atoms with Crippen molar-refractivity contribution in [2.45, 2.75) is 19.4 Å². The number of nitrogens with one attached hydrogen (secondary N) is 1. The summed E-state index contributed by atoms with van der Waals surface area (Å²) < 4.78 is 0. The zero-order valence-electron chi connectivity index (χ0n) is 10.5. The summed E-state index contributed by atoms with van der Waals surface area (Å²) in [6, 6.07) is 4.40. The molecule has 19 heavy (non-hydrogen) atoms. The molecule has 1 aromatic rings. The van der Waals surface area contributed by atoms with Gasteiger partial charge in [-0.3, -0.25) is 9.59 Å². The zero-order valence-corrected chi connectivity index (χ0v) is 10.5. The van der Waals surface area contributed by atoms with Crippen LogP contribution in [0.3, 0.4) is 0 Å². The number of phenolic OH excluding ortho intramolecular Hbond substituents is 1. The average molecular weight is 261 g/mol. The molecule has 0 saturated carbocycles. The Bertz CT molecular complexity index is 550. The van der Waals surface area contributed by atoms with E-state index in [9.17, 15) is 14.7 Å². The van der Waals surface area contributed by atoms with Crippen LogP contribution >= 0.6 is 0 Å². The van der Waals surface area contributed by atoms with Crippen LogP contribution in [0.15, 0.2) is 30.4 Å². The largest absolute Gasteiger partial charge is 0.508 e. The second-order valence-corrected chi connectivity index (χ2v) is 4.65. The summed E-state index contributed by atoms with van der Waals surface area (Å²) in [4.78, 5) is 22.7. The molecule has 1 aliphatic rings. The number of aryl methyl sites for hydroxylation is 1. The maximum absolute atomic E-state index is 11.9. The summed E-state index contributed by atoms with van der Waals surface area (Å²) in [7, 11) is 0. The first kappa shape index (κ1) is 13.1. The van der Waals surface area contributed by atoms with Crippen molar-refractivity contribution in [3.63, 3.8) is 0 Å². The third-order valence-electron chi connectivity index (χ3n) is 3.19. The van der Waals surface area contributed by atoms with Gasteiger partial charge in [-0.25, -0.2) is 0 Å². The second-order valence-electron chi connectivity index (χ2n) is 4.65. The van der Waals surface area contributed by atoms with E-state index >= 15 is 0 Å². The summed E-state index contributed by atoms with van der Waals surface area (Å²) in [5.74, 6) is -1.69. The Morgan fingerprint density at radius 3 is 2.63 bits per heavy atom. The number of carbonyl (C=O) groups is 2. The summed E-state index contributed by atoms with van der Waals surface area (Å²) in [6.45, 7) is 1.74. The SMILES string of the molecule is Cc1ccc(C(=O)NC2C=CC(C(=O)O)C2)cc1O. The highest BCUT2D eigenvalue weighted by atomic mass is 16.4. The molecular formula is C14H15NO4. The summed E-state index contributed by atoms with van der Waals surface area (Å²) in [5.41, 5.74) is 1.05. The number of amides is 1. The van der Waals surface area contributed by atoms with Crippen molar-refractivity contribution in [3.05, 3.63) is 41.5 Å². The van der Waals surface area contributed by atoms with Gasteiger partial charge in [0.1, 0.15) is 5.75 Å². The number of aromatic hydroxyl groups is 1. The van der Waals surface area contributed by atoms with Gasteiger partial charge in [0.15, 0.2) is 0 Å². The van der Waals surface area contributed by atoms with Gasteiger partial charge in [-0.2, -0.15) is 0 Å². The van der Waals surface area contributed by atoms with Crippen molar-refractivity contribution in [2.24, 2.45) is 5.92 Å². The number of carboxylic acids is 1. The lowest BCUT2D eigenvalue weighted by Gasteiger charge is -2.12. The minimum Gasteiger partial charge on any atom is -0.508 e. The highest BCUT2D eigenvalue weighted by molar-refractivity contribution is 5.95. The number of hydrogen-bond donors (Lipinski definition) is 3. The molecule has 0 heterocycles. The summed E-state index contributed by atoms with van der Waals surface area (Å²) >= 11 is 0. The van der Waals surface area contributed by atoms with Gasteiger partial charge >= 0.3 is 5.97 Å². The van der Waals surface area contributed by atoms with E-state index in [0.29, 0.717) is 17.5 Å². The van der Waals surface area contributed by atoms with Gasteiger partial charge in [0, 0.05) is 11.6 Å². The van der Waals surface area contributed by atoms with Crippen LogP contribution in [0.1, 0.15) is 22.3 Å². The van der Waals surface area contributed by atoms with Crippen molar-refractivity contribution >= 4 is 11.9 Å². The van der Waals surface area contributed by atoms with Gasteiger partial charge in [-0.05, 0) is 31.0 Å². The van der Waals surface area contributed by atoms with Crippen molar-refractivity contribution < 1.29 is 19.8 Å². The Balaban J connectivity index is 2.00. The number of carbonyl (C=O) groups excluding carboxylic acids is 1. The maximum atomic E-state index is 11.9. The number of hydrogen-bond acceptors (Lipinski definition) is 3. The van der Waals surface area contributed by atoms with E-state index in [2.05, 4.69) is 5.32 Å². The Kier molecular flexibility index (Phi) is 3.55. The first-order valence-electron chi connectivity index (χ1n) is 5.99. The van der Waals surface area contributed by atoms with Crippen molar-refractivity contribution in [2.75, 3.05) is 0 Å². The lowest BCUT2D eigenvalue weighted by molar-refractivity contribution is -0.140. The molecule has 100 valence electrons. The monoisotopic (exact) mass is 261 g/mol. The fourth-order valence-electron chi connectivity index (χ4n) is 1.99. The average Bonchev–Trinajstić information content (AvgIpc) is 2.81. The van der Waals surface area contributed by atoms with Gasteiger partial charge in [0.25, 0.3) is 5.91 Å². The molecule has 5 heteroatoms. The minimum atomic E-state index is -0.888. The predicted octanol–water partition coefficient (Wildman–Crippen LogP) is 1.46. The van der Waals surface area contributed by atoms with Gasteiger partial charge in [0.05, 0.1) is 5.92 Å². The van der Waals surface area contributed by atoms with E-state index in [1.54, 1.807) is 31.2 Å². The zero-order chi connectivity index (χ0) is 14.0. The summed E-state index contributed by atoms with van der Waals surface area (Å²) in [6.07, 6.45) is 3.63. The van der Waals surface area contributed by atoms with Gasteiger partial charge in [-0.1, -0.05) is 18.2 Å². The summed E-state index contributed by atoms with van der Waals surface area (Å²) in [5, 5.41) is 21.1. The third-order valence-corrected chi connectivity index (χ3v) is 3.19. The van der Waals surface area contributed by atoms with Crippen LogP contribution in [0.5, 0.6) is 5.75 Å². The highest BCUT2D eigenvalue weighted by Gasteiger charge is 2.25. The molecular weight excluding hydrogens is 246 g/mol. The molecule has 0 fully saturated rings. The number of aliphatic carboxylic acids is 1. The Morgan fingerprint density at radius 1 is 1.32 bits per heavy atom. The van der Waals surface area contributed by atoms with Gasteiger partial charge in [0.2, 0.25) is 0 Å². The molecule has 0 aromatic heterocycles. The van der Waals surface area contributed by atoms with Crippen LogP contribution in [0.25, 0.3) is 0 Å². The molecule has 0 bridgehead atoms. The minimum absolute atomic E-state index is 0.0676. The number of benzene rings is 1. The smallest absolute Gasteiger partial charge is 0.310 e. The maximum Gasteiger partial charge on any atom is 0.310 e. The fraction of sp³-hybridized carbons (Fsp3) is 0.286. The topological polar surface area (TPSA) is 86.6 Å². The van der Waals surface area contributed by atoms with Crippen LogP contribution in [0.4, 0.5) is 0 Å². The molecule has 1 aromatic carbocycles. The van der Waals surface area contributed by atoms with Crippen LogP contribution in [0, 0.1) is 12.8 Å². The van der Waals surface area contributed by atoms with Crippen molar-refractivity contribution in [1.82, 2.24) is 5.32 Å². The van der Waals surface area contributed by atoms with Crippen molar-refractivity contribution in [1.29, 1.82) is 0 Å². The van der Waals surface area contributed by atoms with Gasteiger partial charge < -0.3 is 15.5 Å². The predicted molar refractivity (Wildman–Crippen MR) is 69.0 cm³/mol. The third kappa shape index (κ3) is 2.93. The van der Waals surface area contributed by atoms with E-state index in [1.807, 2.05) is 0 Å². The van der Waals surface area contributed by atoms with Crippen molar-refractivity contribution in [3.8, 4) is 5.75 Å². The molecule has 0 spiro atoms. The highest BCUT2D eigenvalue weighted by Crippen LogP contribution is 2.20. The normalized spacial score (nSPS) is 21.3. The number of rotatable bonds is 3. The fourth-order valence-corrected chi connectivity index (χ4v) is 1.99. The van der Waals surface area contributed by atoms with E-state index in [-0.39, 0.29) is 17.7 Å². The molecule has 0 saturated heterocycles. The lowest BCUT2D eigenvalue weighted by Crippen LogP contribution is -2.33. The first-order chi connectivity index (χ1) is 8.97. The quantitative estimate of drug-likeness (QED) is 0.719. The van der Waals surface area contributed by atoms with Crippen LogP contribution < -0.4 is 5.32 Å². The Hall–Kier alpha value is -2.30. The van der Waals surface area contributed by atoms with E-state index in [1.165, 1.54) is 6.07 Å². The molecule has 2 atom stereocenters. The van der Waals surface area contributed by atoms with Crippen LogP contribution in [-0.2, 0) is 4.79 Å². The Morgan fingerprint density at radius 2 is 2.05 bits per heavy atom. The molecule has 1 aliphatic carbocycles. The number of phenols is 1. The van der Waals surface area contributed by atoms with Gasteiger partial charge in [-0.15, -0.1) is 0 Å². The van der Waals surface area contributed by atoms with Crippen LogP contribution in [-0.4, -0.2) is 28.1 Å². The second kappa shape index (κ2) is 5.14. The number of carboxylic acid groups (broad SMARTS) is 1. The Labute approximate surface area is 110 Å². The molecule has 0 aliphatic heterocycles. The first-order valence-corrected chi connectivity index (χ1v) is 5.99. The molecule has 5 nitrogen and oxygen atoms in total. The standard InChI is InChI=1S/C14H15NO4/c1-8-2-3-9(7-12(8)16)13(17)15-11-5-4-10(6-11)14(18)19/h2-5,7,10-11,16H,6H2,1H3,(H,15,17)(H,18,19). The molecule has 0 radical (unpaired) electrons. The van der Waals surface area contributed by atoms with E-state index in [0.717, 1.165) is 0 Å². The van der Waals surface area contributed by atoms with E-state index < -0.39 is 11.9 Å². The van der Waals surface area contributed by atoms with E-state index in [4.69, 9.17) is 5.11 Å². The molecule has 3 N–H and O–H groups in total. The molecule has 1 amide bonds. The van der Waals surface area contributed by atoms with Crippen LogP contribution in [0.2, 0.25) is 0 Å². The lowest BCUT2D eigenvalue weighted by atomic mass is 10.1.